The van der Waals surface area contributed by atoms with Gasteiger partial charge in [0.2, 0.25) is 23.6 Å². The van der Waals surface area contributed by atoms with Gasteiger partial charge in [0.25, 0.3) is 0 Å². The van der Waals surface area contributed by atoms with E-state index < -0.39 is 0 Å². The molecule has 0 fully saturated rings. The summed E-state index contributed by atoms with van der Waals surface area (Å²) in [6.45, 7) is 4.38. The third-order valence-electron chi connectivity index (χ3n) is 5.18. The summed E-state index contributed by atoms with van der Waals surface area (Å²) in [5, 5.41) is 8.69. The van der Waals surface area contributed by atoms with Gasteiger partial charge in [-0.3, -0.25) is 9.59 Å². The lowest BCUT2D eigenvalue weighted by Crippen LogP contribution is -2.41. The molecule has 0 saturated heterocycles. The Morgan fingerprint density at radius 3 is 2.72 bits per heavy atom. The van der Waals surface area contributed by atoms with Gasteiger partial charge in [-0.2, -0.15) is 0 Å². The Morgan fingerprint density at radius 2 is 1.94 bits per heavy atom. The van der Waals surface area contributed by atoms with Gasteiger partial charge >= 0.3 is 0 Å². The second-order valence-electron chi connectivity index (χ2n) is 7.65. The highest BCUT2D eigenvalue weighted by Gasteiger charge is 2.27. The molecule has 0 spiro atoms. The van der Waals surface area contributed by atoms with Crippen molar-refractivity contribution in [1.82, 2.24) is 15.1 Å². The lowest BCUT2D eigenvalue weighted by molar-refractivity contribution is -0.133. The third kappa shape index (κ3) is 4.81. The SMILES string of the molecule is CC(C)N(Cc1nnc(-c2ccccc2Cl)o1)C(=O)CCN1C(=O)CSc2ccccc21. The second-order valence-corrected chi connectivity index (χ2v) is 9.07. The number of carbonyl (C=O) groups excluding carboxylic acids is 2. The minimum atomic E-state index is -0.0824. The van der Waals surface area contributed by atoms with E-state index in [0.717, 1.165) is 10.6 Å². The van der Waals surface area contributed by atoms with Gasteiger partial charge in [0.1, 0.15) is 0 Å². The molecule has 0 bridgehead atoms. The van der Waals surface area contributed by atoms with Crippen molar-refractivity contribution in [2.45, 2.75) is 37.8 Å². The molecule has 7 nitrogen and oxygen atoms in total. The molecule has 4 rings (SSSR count). The summed E-state index contributed by atoms with van der Waals surface area (Å²) in [7, 11) is 0. The summed E-state index contributed by atoms with van der Waals surface area (Å²) in [4.78, 5) is 30.0. The number of fused-ring (bicyclic) bond motifs is 1. The van der Waals surface area contributed by atoms with E-state index in [-0.39, 0.29) is 30.8 Å². The number of rotatable bonds is 7. The van der Waals surface area contributed by atoms with Crippen LogP contribution in [0.1, 0.15) is 26.2 Å². The first-order valence-corrected chi connectivity index (χ1v) is 11.7. The van der Waals surface area contributed by atoms with Gasteiger partial charge in [-0.15, -0.1) is 22.0 Å². The van der Waals surface area contributed by atoms with Crippen molar-refractivity contribution in [3.05, 3.63) is 59.4 Å². The Hall–Kier alpha value is -2.84. The van der Waals surface area contributed by atoms with Gasteiger partial charge in [0.15, 0.2) is 0 Å². The molecular weight excluding hydrogens is 448 g/mol. The molecule has 2 amide bonds. The van der Waals surface area contributed by atoms with Crippen LogP contribution in [0.15, 0.2) is 57.8 Å². The summed E-state index contributed by atoms with van der Waals surface area (Å²) in [6, 6.07) is 14.9. The zero-order valence-electron chi connectivity index (χ0n) is 17.8. The standard InChI is InChI=1S/C23H23ClN4O3S/c1-15(2)28(13-20-25-26-23(31-20)16-7-3-4-8-17(16)24)21(29)11-12-27-18-9-5-6-10-19(18)32-14-22(27)30/h3-10,15H,11-14H2,1-2H3. The van der Waals surface area contributed by atoms with Crippen LogP contribution in [0.25, 0.3) is 11.5 Å². The van der Waals surface area contributed by atoms with Crippen LogP contribution in [0.3, 0.4) is 0 Å². The summed E-state index contributed by atoms with van der Waals surface area (Å²) in [5.41, 5.74) is 1.51. The van der Waals surface area contributed by atoms with E-state index in [1.54, 1.807) is 21.9 Å². The van der Waals surface area contributed by atoms with E-state index in [0.29, 0.717) is 34.7 Å². The molecule has 0 aliphatic carbocycles. The Labute approximate surface area is 195 Å². The maximum absolute atomic E-state index is 13.1. The molecule has 0 atom stereocenters. The number of nitrogens with zero attached hydrogens (tertiary/aromatic N) is 4. The maximum atomic E-state index is 13.1. The minimum Gasteiger partial charge on any atom is -0.419 e. The number of amides is 2. The van der Waals surface area contributed by atoms with E-state index in [9.17, 15) is 9.59 Å². The van der Waals surface area contributed by atoms with Crippen molar-refractivity contribution in [1.29, 1.82) is 0 Å². The molecular formula is C23H23ClN4O3S. The van der Waals surface area contributed by atoms with Gasteiger partial charge in [-0.05, 0) is 38.1 Å². The Bertz CT molecular complexity index is 1130. The van der Waals surface area contributed by atoms with E-state index in [4.69, 9.17) is 16.0 Å². The monoisotopic (exact) mass is 470 g/mol. The van der Waals surface area contributed by atoms with E-state index in [1.807, 2.05) is 50.2 Å². The molecule has 2 aromatic carbocycles. The van der Waals surface area contributed by atoms with Gasteiger partial charge in [0.05, 0.1) is 28.6 Å². The largest absolute Gasteiger partial charge is 0.419 e. The number of anilines is 1. The average molecular weight is 471 g/mol. The molecule has 1 aliphatic heterocycles. The summed E-state index contributed by atoms with van der Waals surface area (Å²) < 4.78 is 5.77. The normalized spacial score (nSPS) is 13.4. The topological polar surface area (TPSA) is 79.5 Å². The first kappa shape index (κ1) is 22.4. The van der Waals surface area contributed by atoms with Crippen LogP contribution in [0.5, 0.6) is 0 Å². The molecule has 0 radical (unpaired) electrons. The number of carbonyl (C=O) groups is 2. The fourth-order valence-corrected chi connectivity index (χ4v) is 4.67. The van der Waals surface area contributed by atoms with E-state index in [1.165, 1.54) is 11.8 Å². The van der Waals surface area contributed by atoms with Crippen LogP contribution in [0.4, 0.5) is 5.69 Å². The molecule has 32 heavy (non-hydrogen) atoms. The van der Waals surface area contributed by atoms with E-state index >= 15 is 0 Å². The highest BCUT2D eigenvalue weighted by molar-refractivity contribution is 8.00. The fraction of sp³-hybridized carbons (Fsp3) is 0.304. The fourth-order valence-electron chi connectivity index (χ4n) is 3.52. The summed E-state index contributed by atoms with van der Waals surface area (Å²) in [5.74, 6) is 0.957. The van der Waals surface area contributed by atoms with Gasteiger partial charge in [-0.25, -0.2) is 0 Å². The molecule has 0 unspecified atom stereocenters. The molecule has 1 aliphatic rings. The van der Waals surface area contributed by atoms with Crippen molar-refractivity contribution >= 4 is 40.9 Å². The van der Waals surface area contributed by atoms with Crippen LogP contribution < -0.4 is 4.90 Å². The molecule has 166 valence electrons. The van der Waals surface area contributed by atoms with Gasteiger partial charge in [-0.1, -0.05) is 35.9 Å². The molecule has 9 heteroatoms. The molecule has 2 heterocycles. The molecule has 3 aromatic rings. The highest BCUT2D eigenvalue weighted by atomic mass is 35.5. The predicted octanol–water partition coefficient (Wildman–Crippen LogP) is 4.66. The van der Waals surface area contributed by atoms with Crippen LogP contribution in [-0.2, 0) is 16.1 Å². The number of benzene rings is 2. The zero-order chi connectivity index (χ0) is 22.7. The minimum absolute atomic E-state index is 0.0129. The number of para-hydroxylation sites is 1. The first-order chi connectivity index (χ1) is 15.4. The van der Waals surface area contributed by atoms with Crippen LogP contribution in [0.2, 0.25) is 5.02 Å². The lowest BCUT2D eigenvalue weighted by Gasteiger charge is -2.30. The molecule has 0 N–H and O–H groups in total. The highest BCUT2D eigenvalue weighted by Crippen LogP contribution is 2.35. The number of hydrogen-bond acceptors (Lipinski definition) is 6. The van der Waals surface area contributed by atoms with Crippen LogP contribution in [-0.4, -0.2) is 45.3 Å². The van der Waals surface area contributed by atoms with Crippen molar-refractivity contribution in [3.8, 4) is 11.5 Å². The number of halogens is 1. The van der Waals surface area contributed by atoms with Crippen LogP contribution in [0, 0.1) is 0 Å². The number of hydrogen-bond donors (Lipinski definition) is 0. The zero-order valence-corrected chi connectivity index (χ0v) is 19.4. The van der Waals surface area contributed by atoms with Crippen molar-refractivity contribution in [3.63, 3.8) is 0 Å². The predicted molar refractivity (Wildman–Crippen MR) is 125 cm³/mol. The van der Waals surface area contributed by atoms with Crippen molar-refractivity contribution in [2.75, 3.05) is 17.2 Å². The Kier molecular flexibility index (Phi) is 6.81. The van der Waals surface area contributed by atoms with Crippen LogP contribution >= 0.6 is 23.4 Å². The van der Waals surface area contributed by atoms with Gasteiger partial charge in [0, 0.05) is 23.9 Å². The maximum Gasteiger partial charge on any atom is 0.249 e. The molecule has 0 saturated carbocycles. The first-order valence-electron chi connectivity index (χ1n) is 10.3. The van der Waals surface area contributed by atoms with Crippen molar-refractivity contribution < 1.29 is 14.0 Å². The smallest absolute Gasteiger partial charge is 0.249 e. The average Bonchev–Trinajstić information content (AvgIpc) is 3.25. The summed E-state index contributed by atoms with van der Waals surface area (Å²) >= 11 is 7.74. The number of aromatic nitrogens is 2. The number of thioether (sulfide) groups is 1. The second kappa shape index (κ2) is 9.75. The Balaban J connectivity index is 1.44. The quantitative estimate of drug-likeness (QED) is 0.499. The summed E-state index contributed by atoms with van der Waals surface area (Å²) in [6.07, 6.45) is 0.203. The lowest BCUT2D eigenvalue weighted by atomic mass is 10.2. The van der Waals surface area contributed by atoms with Gasteiger partial charge < -0.3 is 14.2 Å². The van der Waals surface area contributed by atoms with Crippen molar-refractivity contribution in [2.24, 2.45) is 0 Å². The Morgan fingerprint density at radius 1 is 1.19 bits per heavy atom. The third-order valence-corrected chi connectivity index (χ3v) is 6.56. The van der Waals surface area contributed by atoms with E-state index in [2.05, 4.69) is 10.2 Å². The molecule has 1 aromatic heterocycles.